The first-order valence-corrected chi connectivity index (χ1v) is 9.21. The van der Waals surface area contributed by atoms with Gasteiger partial charge >= 0.3 is 11.9 Å². The molecule has 156 valence electrons. The van der Waals surface area contributed by atoms with Crippen LogP contribution in [0.3, 0.4) is 0 Å². The molecule has 0 fully saturated rings. The van der Waals surface area contributed by atoms with Gasteiger partial charge in [-0.05, 0) is 50.6 Å². The van der Waals surface area contributed by atoms with Gasteiger partial charge in [0.05, 0.1) is 19.8 Å². The third-order valence-corrected chi connectivity index (χ3v) is 4.42. The average molecular weight is 402 g/mol. The molecule has 0 radical (unpaired) electrons. The summed E-state index contributed by atoms with van der Waals surface area (Å²) in [6.45, 7) is 3.63. The second kappa shape index (κ2) is 10.3. The topological polar surface area (TPSA) is 95.9 Å². The number of ether oxygens (including phenoxy) is 3. The predicted octanol–water partition coefficient (Wildman–Crippen LogP) is 2.33. The number of carbonyl (C=O) groups excluding carboxylic acids is 3. The molecule has 0 aliphatic rings. The maximum atomic E-state index is 12.4. The van der Waals surface area contributed by atoms with Crippen LogP contribution in [0.1, 0.15) is 34.6 Å². The molecule has 29 heavy (non-hydrogen) atoms. The number of benzene rings is 1. The van der Waals surface area contributed by atoms with E-state index in [2.05, 4.69) is 10.1 Å². The highest BCUT2D eigenvalue weighted by atomic mass is 16.5. The lowest BCUT2D eigenvalue weighted by Gasteiger charge is -2.11. The summed E-state index contributed by atoms with van der Waals surface area (Å²) in [7, 11) is 2.91. The van der Waals surface area contributed by atoms with Gasteiger partial charge in [0.25, 0.3) is 5.91 Å². The van der Waals surface area contributed by atoms with Crippen LogP contribution in [0.4, 0.5) is 0 Å². The lowest BCUT2D eigenvalue weighted by Crippen LogP contribution is -2.30. The molecular weight excluding hydrogens is 376 g/mol. The summed E-state index contributed by atoms with van der Waals surface area (Å²) < 4.78 is 16.8. The number of methoxy groups -OCH3 is 2. The van der Waals surface area contributed by atoms with Crippen molar-refractivity contribution in [2.75, 3.05) is 27.4 Å². The highest BCUT2D eigenvalue weighted by molar-refractivity contribution is 5.93. The van der Waals surface area contributed by atoms with Crippen LogP contribution in [0, 0.1) is 13.8 Å². The van der Waals surface area contributed by atoms with Gasteiger partial charge in [-0.15, -0.1) is 0 Å². The van der Waals surface area contributed by atoms with Gasteiger partial charge in [0, 0.05) is 30.0 Å². The van der Waals surface area contributed by atoms with Crippen molar-refractivity contribution in [2.45, 2.75) is 26.7 Å². The van der Waals surface area contributed by atoms with Crippen molar-refractivity contribution in [3.05, 3.63) is 47.3 Å². The Morgan fingerprint density at radius 3 is 2.38 bits per heavy atom. The minimum absolute atomic E-state index is 0.216. The zero-order valence-electron chi connectivity index (χ0n) is 17.1. The standard InChI is InChI=1S/C21H26N2O6/c1-14-12-18(15(2)23(14)16-7-9-17(27-3)10-8-16)21(26)29-13-19(24)22-11-5-6-20(25)28-4/h7-10,12H,5-6,11,13H2,1-4H3,(H,22,24). The van der Waals surface area contributed by atoms with E-state index < -0.39 is 11.9 Å². The Morgan fingerprint density at radius 2 is 1.76 bits per heavy atom. The van der Waals surface area contributed by atoms with Gasteiger partial charge in [0.2, 0.25) is 0 Å². The number of nitrogens with one attached hydrogen (secondary N) is 1. The van der Waals surface area contributed by atoms with E-state index in [1.54, 1.807) is 13.2 Å². The molecule has 0 saturated carbocycles. The second-order valence-electron chi connectivity index (χ2n) is 6.42. The summed E-state index contributed by atoms with van der Waals surface area (Å²) in [6, 6.07) is 9.22. The molecule has 0 bridgehead atoms. The Kier molecular flexibility index (Phi) is 7.82. The van der Waals surface area contributed by atoms with Gasteiger partial charge in [0.15, 0.2) is 6.61 Å². The lowest BCUT2D eigenvalue weighted by atomic mass is 10.2. The molecule has 2 rings (SSSR count). The molecule has 1 aromatic carbocycles. The van der Waals surface area contributed by atoms with Crippen molar-refractivity contribution in [3.8, 4) is 11.4 Å². The van der Waals surface area contributed by atoms with Crippen LogP contribution >= 0.6 is 0 Å². The zero-order chi connectivity index (χ0) is 21.4. The van der Waals surface area contributed by atoms with E-state index in [0.29, 0.717) is 18.5 Å². The van der Waals surface area contributed by atoms with Crippen LogP contribution in [0.25, 0.3) is 5.69 Å². The maximum absolute atomic E-state index is 12.4. The van der Waals surface area contributed by atoms with E-state index in [4.69, 9.17) is 9.47 Å². The molecule has 0 saturated heterocycles. The van der Waals surface area contributed by atoms with Crippen molar-refractivity contribution < 1.29 is 28.6 Å². The first kappa shape index (κ1) is 22.0. The largest absolute Gasteiger partial charge is 0.497 e. The molecule has 8 heteroatoms. The normalized spacial score (nSPS) is 10.3. The number of nitrogens with zero attached hydrogens (tertiary/aromatic N) is 1. The number of hydrogen-bond donors (Lipinski definition) is 1. The van der Waals surface area contributed by atoms with Crippen LogP contribution in [0.5, 0.6) is 5.75 Å². The van der Waals surface area contributed by atoms with Crippen LogP contribution in [0.2, 0.25) is 0 Å². The fraction of sp³-hybridized carbons (Fsp3) is 0.381. The first-order valence-electron chi connectivity index (χ1n) is 9.21. The van der Waals surface area contributed by atoms with Crippen LogP contribution in [-0.2, 0) is 19.1 Å². The zero-order valence-corrected chi connectivity index (χ0v) is 17.1. The predicted molar refractivity (Wildman–Crippen MR) is 106 cm³/mol. The SMILES string of the molecule is COC(=O)CCCNC(=O)COC(=O)c1cc(C)n(-c2ccc(OC)cc2)c1C. The number of aromatic nitrogens is 1. The van der Waals surface area contributed by atoms with Gasteiger partial charge in [-0.25, -0.2) is 4.79 Å². The molecule has 2 aromatic rings. The smallest absolute Gasteiger partial charge is 0.340 e. The molecule has 0 unspecified atom stereocenters. The van der Waals surface area contributed by atoms with Crippen LogP contribution < -0.4 is 10.1 Å². The van der Waals surface area contributed by atoms with Gasteiger partial charge < -0.3 is 24.1 Å². The molecule has 1 aromatic heterocycles. The molecule has 0 atom stereocenters. The monoisotopic (exact) mass is 402 g/mol. The minimum Gasteiger partial charge on any atom is -0.497 e. The van der Waals surface area contributed by atoms with E-state index in [0.717, 1.165) is 22.8 Å². The van der Waals surface area contributed by atoms with Crippen molar-refractivity contribution in [1.82, 2.24) is 9.88 Å². The molecule has 1 amide bonds. The number of aryl methyl sites for hydroxylation is 1. The van der Waals surface area contributed by atoms with E-state index in [1.165, 1.54) is 7.11 Å². The van der Waals surface area contributed by atoms with Gasteiger partial charge in [-0.3, -0.25) is 9.59 Å². The van der Waals surface area contributed by atoms with Crippen molar-refractivity contribution in [1.29, 1.82) is 0 Å². The van der Waals surface area contributed by atoms with Gasteiger partial charge in [-0.2, -0.15) is 0 Å². The van der Waals surface area contributed by atoms with Crippen molar-refractivity contribution >= 4 is 17.8 Å². The summed E-state index contributed by atoms with van der Waals surface area (Å²) in [6.07, 6.45) is 0.670. The molecule has 0 aliphatic heterocycles. The van der Waals surface area contributed by atoms with Crippen LogP contribution in [0.15, 0.2) is 30.3 Å². The Balaban J connectivity index is 1.94. The number of carbonyl (C=O) groups is 3. The number of rotatable bonds is 9. The first-order chi connectivity index (χ1) is 13.9. The Bertz CT molecular complexity index is 870. The number of esters is 2. The van der Waals surface area contributed by atoms with Crippen molar-refractivity contribution in [3.63, 3.8) is 0 Å². The van der Waals surface area contributed by atoms with Crippen molar-refractivity contribution in [2.24, 2.45) is 0 Å². The highest BCUT2D eigenvalue weighted by Gasteiger charge is 2.19. The Labute approximate surface area is 169 Å². The third-order valence-electron chi connectivity index (χ3n) is 4.42. The Hall–Kier alpha value is -3.29. The van der Waals surface area contributed by atoms with E-state index in [9.17, 15) is 14.4 Å². The fourth-order valence-corrected chi connectivity index (χ4v) is 2.92. The Morgan fingerprint density at radius 1 is 1.07 bits per heavy atom. The van der Waals surface area contributed by atoms with E-state index >= 15 is 0 Å². The average Bonchev–Trinajstić information content (AvgIpc) is 3.03. The van der Waals surface area contributed by atoms with E-state index in [1.807, 2.05) is 42.7 Å². The summed E-state index contributed by atoms with van der Waals surface area (Å²) in [5.74, 6) is -0.582. The number of amides is 1. The highest BCUT2D eigenvalue weighted by Crippen LogP contribution is 2.23. The summed E-state index contributed by atoms with van der Waals surface area (Å²) in [5.41, 5.74) is 2.88. The minimum atomic E-state index is -0.567. The summed E-state index contributed by atoms with van der Waals surface area (Å²) >= 11 is 0. The second-order valence-corrected chi connectivity index (χ2v) is 6.42. The fourth-order valence-electron chi connectivity index (χ4n) is 2.92. The third kappa shape index (κ3) is 5.84. The molecule has 0 aliphatic carbocycles. The van der Waals surface area contributed by atoms with Gasteiger partial charge in [-0.1, -0.05) is 0 Å². The molecule has 1 N–H and O–H groups in total. The van der Waals surface area contributed by atoms with Gasteiger partial charge in [0.1, 0.15) is 5.75 Å². The van der Waals surface area contributed by atoms with Crippen LogP contribution in [-0.4, -0.2) is 49.8 Å². The molecule has 1 heterocycles. The van der Waals surface area contributed by atoms with E-state index in [-0.39, 0.29) is 19.0 Å². The molecular formula is C21H26N2O6. The summed E-state index contributed by atoms with van der Waals surface area (Å²) in [4.78, 5) is 35.3. The molecule has 8 nitrogen and oxygen atoms in total. The summed E-state index contributed by atoms with van der Waals surface area (Å²) in [5, 5.41) is 2.60. The maximum Gasteiger partial charge on any atom is 0.340 e. The number of hydrogen-bond acceptors (Lipinski definition) is 6. The molecule has 0 spiro atoms. The quantitative estimate of drug-likeness (QED) is 0.511. The lowest BCUT2D eigenvalue weighted by molar-refractivity contribution is -0.140.